The molecule has 0 saturated carbocycles. The standard InChI is InChI=1S/C17H19F2N3O3S2/c18-16(19)26-12-5-3-10(4-6-12)21-14(23)8-13-15(24)22-17(27-13)20-9-11-2-1-7-25-11/h3-6,11,13,16H,1-2,7-9H2,(H,21,23)(H,20,22,24)/t11-,13+/m0/s1. The number of hydrogen-bond donors (Lipinski definition) is 2. The summed E-state index contributed by atoms with van der Waals surface area (Å²) in [5.41, 5.74) is 0.495. The van der Waals surface area contributed by atoms with Gasteiger partial charge in [-0.25, -0.2) is 0 Å². The Balaban J connectivity index is 1.47. The Bertz CT molecular complexity index is 710. The lowest BCUT2D eigenvalue weighted by atomic mass is 10.2. The average Bonchev–Trinajstić information content (AvgIpc) is 3.24. The van der Waals surface area contributed by atoms with Gasteiger partial charge in [-0.15, -0.1) is 0 Å². The van der Waals surface area contributed by atoms with Crippen molar-refractivity contribution in [2.75, 3.05) is 18.5 Å². The molecule has 10 heteroatoms. The van der Waals surface area contributed by atoms with Crippen LogP contribution < -0.4 is 10.6 Å². The lowest BCUT2D eigenvalue weighted by Gasteiger charge is -2.08. The van der Waals surface area contributed by atoms with Crippen molar-refractivity contribution >= 4 is 46.2 Å². The summed E-state index contributed by atoms with van der Waals surface area (Å²) in [5, 5.41) is 5.34. The van der Waals surface area contributed by atoms with Crippen molar-refractivity contribution in [1.82, 2.24) is 5.32 Å². The molecule has 3 rings (SSSR count). The molecule has 2 heterocycles. The number of hydrogen-bond acceptors (Lipinski definition) is 6. The first-order valence-electron chi connectivity index (χ1n) is 8.48. The van der Waals surface area contributed by atoms with Crippen molar-refractivity contribution < 1.29 is 23.1 Å². The Hall–Kier alpha value is -1.65. The van der Waals surface area contributed by atoms with Crippen LogP contribution in [0.1, 0.15) is 19.3 Å². The first-order chi connectivity index (χ1) is 13.0. The fourth-order valence-electron chi connectivity index (χ4n) is 2.69. The smallest absolute Gasteiger partial charge is 0.288 e. The molecule has 2 N–H and O–H groups in total. The summed E-state index contributed by atoms with van der Waals surface area (Å²) in [7, 11) is 0. The van der Waals surface area contributed by atoms with E-state index in [9.17, 15) is 18.4 Å². The normalized spacial score (nSPS) is 23.8. The minimum absolute atomic E-state index is 0.00296. The highest BCUT2D eigenvalue weighted by atomic mass is 32.2. The Morgan fingerprint density at radius 1 is 1.41 bits per heavy atom. The first kappa shape index (κ1) is 20.1. The number of anilines is 1. The highest BCUT2D eigenvalue weighted by molar-refractivity contribution is 8.15. The minimum Gasteiger partial charge on any atom is -0.376 e. The van der Waals surface area contributed by atoms with Gasteiger partial charge in [0.25, 0.3) is 5.76 Å². The maximum Gasteiger partial charge on any atom is 0.288 e. The number of amides is 2. The summed E-state index contributed by atoms with van der Waals surface area (Å²) in [4.78, 5) is 29.0. The summed E-state index contributed by atoms with van der Waals surface area (Å²) >= 11 is 1.68. The molecule has 2 atom stereocenters. The van der Waals surface area contributed by atoms with Crippen LogP contribution >= 0.6 is 23.5 Å². The van der Waals surface area contributed by atoms with Gasteiger partial charge in [0, 0.05) is 23.6 Å². The number of amidine groups is 1. The van der Waals surface area contributed by atoms with Crippen LogP contribution in [0.4, 0.5) is 14.5 Å². The molecule has 2 aliphatic heterocycles. The number of rotatable bonds is 7. The van der Waals surface area contributed by atoms with Crippen molar-refractivity contribution in [3.63, 3.8) is 0 Å². The van der Waals surface area contributed by atoms with Crippen LogP contribution in [0.3, 0.4) is 0 Å². The van der Waals surface area contributed by atoms with Crippen molar-refractivity contribution in [1.29, 1.82) is 0 Å². The average molecular weight is 415 g/mol. The van der Waals surface area contributed by atoms with Crippen LogP contribution in [0.15, 0.2) is 34.2 Å². The molecule has 146 valence electrons. The van der Waals surface area contributed by atoms with E-state index in [4.69, 9.17) is 4.74 Å². The highest BCUT2D eigenvalue weighted by Crippen LogP contribution is 2.27. The molecule has 0 radical (unpaired) electrons. The van der Waals surface area contributed by atoms with Gasteiger partial charge in [-0.3, -0.25) is 14.6 Å². The van der Waals surface area contributed by atoms with Crippen molar-refractivity contribution in [2.45, 2.75) is 41.3 Å². The Labute approximate surface area is 163 Å². The van der Waals surface area contributed by atoms with Gasteiger partial charge in [0.2, 0.25) is 11.8 Å². The summed E-state index contributed by atoms with van der Waals surface area (Å²) in [6.45, 7) is 1.25. The molecule has 1 aromatic carbocycles. The van der Waals surface area contributed by atoms with Gasteiger partial charge in [-0.1, -0.05) is 23.5 Å². The quantitative estimate of drug-likeness (QED) is 0.669. The fraction of sp³-hybridized carbons (Fsp3) is 0.471. The number of alkyl halides is 2. The van der Waals surface area contributed by atoms with Crippen LogP contribution in [0, 0.1) is 0 Å². The number of halogens is 2. The monoisotopic (exact) mass is 415 g/mol. The third kappa shape index (κ3) is 6.18. The van der Waals surface area contributed by atoms with Gasteiger partial charge < -0.3 is 15.4 Å². The predicted octanol–water partition coefficient (Wildman–Crippen LogP) is 3.10. The molecule has 6 nitrogen and oxygen atoms in total. The number of carbonyl (C=O) groups excluding carboxylic acids is 2. The Morgan fingerprint density at radius 3 is 2.85 bits per heavy atom. The van der Waals surface area contributed by atoms with E-state index in [2.05, 4.69) is 15.6 Å². The number of ether oxygens (including phenoxy) is 1. The topological polar surface area (TPSA) is 79.8 Å². The lowest BCUT2D eigenvalue weighted by molar-refractivity contribution is -0.122. The van der Waals surface area contributed by atoms with Gasteiger partial charge in [0.05, 0.1) is 12.6 Å². The van der Waals surface area contributed by atoms with Crippen LogP contribution in [-0.4, -0.2) is 47.2 Å². The molecule has 0 bridgehead atoms. The zero-order chi connectivity index (χ0) is 19.2. The molecule has 0 spiro atoms. The van der Waals surface area contributed by atoms with Gasteiger partial charge in [0.1, 0.15) is 5.25 Å². The van der Waals surface area contributed by atoms with Gasteiger partial charge in [-0.2, -0.15) is 8.78 Å². The second-order valence-electron chi connectivity index (χ2n) is 6.03. The summed E-state index contributed by atoms with van der Waals surface area (Å²) in [6.07, 6.45) is 2.10. The molecule has 0 aromatic heterocycles. The third-order valence-corrected chi connectivity index (χ3v) is 5.82. The molecule has 27 heavy (non-hydrogen) atoms. The number of carbonyl (C=O) groups is 2. The van der Waals surface area contributed by atoms with E-state index in [0.29, 0.717) is 34.1 Å². The van der Waals surface area contributed by atoms with E-state index in [1.807, 2.05) is 0 Å². The van der Waals surface area contributed by atoms with Crippen molar-refractivity contribution in [3.05, 3.63) is 24.3 Å². The molecule has 0 aliphatic carbocycles. The molecule has 0 unspecified atom stereocenters. The summed E-state index contributed by atoms with van der Waals surface area (Å²) in [5.74, 6) is -3.05. The molecular formula is C17H19F2N3O3S2. The third-order valence-electron chi connectivity index (χ3n) is 3.97. The van der Waals surface area contributed by atoms with Crippen molar-refractivity contribution in [2.24, 2.45) is 4.99 Å². The number of nitrogens with one attached hydrogen (secondary N) is 2. The van der Waals surface area contributed by atoms with Crippen LogP contribution in [0.5, 0.6) is 0 Å². The molecule has 2 amide bonds. The molecule has 1 aromatic rings. The predicted molar refractivity (Wildman–Crippen MR) is 102 cm³/mol. The van der Waals surface area contributed by atoms with E-state index >= 15 is 0 Å². The lowest BCUT2D eigenvalue weighted by Crippen LogP contribution is -2.28. The number of thioether (sulfide) groups is 2. The second-order valence-corrected chi connectivity index (χ2v) is 8.29. The van der Waals surface area contributed by atoms with Gasteiger partial charge in [0.15, 0.2) is 5.17 Å². The summed E-state index contributed by atoms with van der Waals surface area (Å²) in [6, 6.07) is 6.14. The number of benzene rings is 1. The molecular weight excluding hydrogens is 396 g/mol. The minimum atomic E-state index is -2.49. The van der Waals surface area contributed by atoms with Crippen LogP contribution in [0.2, 0.25) is 0 Å². The van der Waals surface area contributed by atoms with E-state index in [1.54, 1.807) is 12.1 Å². The SMILES string of the molecule is O=C(C[C@H]1SC(=NC[C@@H]2CCCO2)NC1=O)Nc1ccc(SC(F)F)cc1. The first-order valence-corrected chi connectivity index (χ1v) is 10.2. The van der Waals surface area contributed by atoms with Crippen molar-refractivity contribution in [3.8, 4) is 0 Å². The maximum absolute atomic E-state index is 12.3. The largest absolute Gasteiger partial charge is 0.376 e. The van der Waals surface area contributed by atoms with E-state index in [-0.39, 0.29) is 24.3 Å². The number of nitrogens with zero attached hydrogens (tertiary/aromatic N) is 1. The second kappa shape index (κ2) is 9.52. The zero-order valence-corrected chi connectivity index (χ0v) is 16.0. The van der Waals surface area contributed by atoms with E-state index in [1.165, 1.54) is 23.9 Å². The fourth-order valence-corrected chi connectivity index (χ4v) is 4.17. The highest BCUT2D eigenvalue weighted by Gasteiger charge is 2.32. The Morgan fingerprint density at radius 2 is 2.19 bits per heavy atom. The summed E-state index contributed by atoms with van der Waals surface area (Å²) < 4.78 is 30.1. The van der Waals surface area contributed by atoms with Crippen LogP contribution in [0.25, 0.3) is 0 Å². The van der Waals surface area contributed by atoms with E-state index in [0.717, 1.165) is 19.4 Å². The van der Waals surface area contributed by atoms with Gasteiger partial charge >= 0.3 is 0 Å². The zero-order valence-electron chi connectivity index (χ0n) is 14.3. The van der Waals surface area contributed by atoms with Crippen LogP contribution in [-0.2, 0) is 14.3 Å². The molecule has 2 fully saturated rings. The molecule has 2 saturated heterocycles. The van der Waals surface area contributed by atoms with Gasteiger partial charge in [-0.05, 0) is 37.1 Å². The maximum atomic E-state index is 12.3. The van der Waals surface area contributed by atoms with E-state index < -0.39 is 11.0 Å². The Kier molecular flexibility index (Phi) is 7.08. The molecule has 2 aliphatic rings. The number of aliphatic imine (C=N–C) groups is 1.